The summed E-state index contributed by atoms with van der Waals surface area (Å²) in [5.74, 6) is 0. The zero-order valence-corrected chi connectivity index (χ0v) is 48.9. The van der Waals surface area contributed by atoms with Gasteiger partial charge in [-0.3, -0.25) is 0 Å². The maximum absolute atomic E-state index is 6.60. The van der Waals surface area contributed by atoms with Crippen LogP contribution in [0.25, 0.3) is 21.1 Å². The Balaban J connectivity index is 0.000000302. The molecule has 0 unspecified atom stereocenters. The van der Waals surface area contributed by atoms with Crippen LogP contribution in [0.5, 0.6) is 0 Å². The summed E-state index contributed by atoms with van der Waals surface area (Å²) in [5.41, 5.74) is 8.64. The van der Waals surface area contributed by atoms with Crippen molar-refractivity contribution >= 4 is 79.7 Å². The predicted molar refractivity (Wildman–Crippen MR) is 301 cm³/mol. The van der Waals surface area contributed by atoms with Crippen LogP contribution < -0.4 is 10.9 Å². The fourth-order valence-electron chi connectivity index (χ4n) is 9.98. The van der Waals surface area contributed by atoms with Gasteiger partial charge in [-0.15, -0.1) is 22.7 Å². The third-order valence-corrected chi connectivity index (χ3v) is 19.7. The van der Waals surface area contributed by atoms with Crippen LogP contribution in [-0.2, 0) is 30.5 Å². The van der Waals surface area contributed by atoms with Gasteiger partial charge in [0.25, 0.3) is 0 Å². The second-order valence-corrected chi connectivity index (χ2v) is 26.7. The molecule has 6 nitrogen and oxygen atoms in total. The molecule has 0 spiro atoms. The molecule has 0 amide bonds. The van der Waals surface area contributed by atoms with Crippen LogP contribution in [0.3, 0.4) is 0 Å². The molecule has 0 bridgehead atoms. The molecule has 3 aliphatic rings. The molecular weight excluding hydrogens is 1010 g/mol. The Morgan fingerprint density at radius 3 is 1.25 bits per heavy atom. The van der Waals surface area contributed by atoms with Crippen molar-refractivity contribution in [3.05, 3.63) is 66.5 Å². The average molecular weight is 1090 g/mol. The van der Waals surface area contributed by atoms with E-state index in [1.165, 1.54) is 144 Å². The average Bonchev–Trinajstić information content (AvgIpc) is 4.03. The molecular formula is C56H84B2Br2N2O4S2. The molecule has 0 N–H and O–H groups in total. The van der Waals surface area contributed by atoms with E-state index in [1.807, 2.05) is 6.92 Å². The molecule has 2 aromatic carbocycles. The molecule has 2 saturated heterocycles. The van der Waals surface area contributed by atoms with Gasteiger partial charge in [-0.2, -0.15) is 0 Å². The van der Waals surface area contributed by atoms with Crippen molar-refractivity contribution in [2.24, 2.45) is 0 Å². The number of unbranched alkanes of at least 4 members (excludes halogenated alkanes) is 15. The van der Waals surface area contributed by atoms with E-state index in [0.29, 0.717) is 0 Å². The second-order valence-electron chi connectivity index (χ2n) is 22.0. The Bertz CT molecular complexity index is 2080. The van der Waals surface area contributed by atoms with Crippen LogP contribution >= 0.6 is 54.5 Å². The molecule has 0 radical (unpaired) electrons. The molecule has 4 aromatic rings. The first-order valence-corrected chi connectivity index (χ1v) is 29.8. The second kappa shape index (κ2) is 24.6. The van der Waals surface area contributed by atoms with Crippen molar-refractivity contribution < 1.29 is 18.6 Å². The highest BCUT2D eigenvalue weighted by molar-refractivity contribution is 9.11. The van der Waals surface area contributed by atoms with Crippen molar-refractivity contribution in [2.45, 2.75) is 246 Å². The SMILES string of the molecule is CCCCCCCCC1(CCCCCCCC)c2cc(B3OC(C)(C)C(C)(C)O3)ccc2-c2ccc(B3OC(C)(C)C(C)(C)O3)cc21.CCCCCCCCc1nc(-c2nc(C)c(Br)s2)sc1Br. The maximum Gasteiger partial charge on any atom is 0.494 e. The fraction of sp³-hybridized carbons (Fsp3) is 0.679. The lowest BCUT2D eigenvalue weighted by Gasteiger charge is -2.33. The van der Waals surface area contributed by atoms with Gasteiger partial charge >= 0.3 is 14.2 Å². The molecule has 1 aliphatic carbocycles. The van der Waals surface area contributed by atoms with Gasteiger partial charge in [-0.25, -0.2) is 9.97 Å². The number of aryl methyl sites for hydroxylation is 2. The summed E-state index contributed by atoms with van der Waals surface area (Å²) in [4.78, 5) is 9.33. The molecule has 4 heterocycles. The van der Waals surface area contributed by atoms with E-state index in [0.717, 1.165) is 53.5 Å². The summed E-state index contributed by atoms with van der Waals surface area (Å²) in [6.07, 6.45) is 26.9. The molecule has 68 heavy (non-hydrogen) atoms. The van der Waals surface area contributed by atoms with E-state index in [4.69, 9.17) is 23.6 Å². The van der Waals surface area contributed by atoms with Gasteiger partial charge in [-0.1, -0.05) is 166 Å². The number of aromatic nitrogens is 2. The van der Waals surface area contributed by atoms with E-state index in [9.17, 15) is 0 Å². The smallest absolute Gasteiger partial charge is 0.399 e. The van der Waals surface area contributed by atoms with Gasteiger partial charge in [0, 0.05) is 5.41 Å². The number of rotatable bonds is 24. The van der Waals surface area contributed by atoms with Crippen molar-refractivity contribution in [1.29, 1.82) is 0 Å². The highest BCUT2D eigenvalue weighted by Gasteiger charge is 2.54. The first-order chi connectivity index (χ1) is 32.3. The van der Waals surface area contributed by atoms with E-state index >= 15 is 0 Å². The van der Waals surface area contributed by atoms with Crippen molar-refractivity contribution in [2.75, 3.05) is 0 Å². The minimum Gasteiger partial charge on any atom is -0.399 e. The zero-order chi connectivity index (χ0) is 49.3. The summed E-state index contributed by atoms with van der Waals surface area (Å²) >= 11 is 10.5. The molecule has 374 valence electrons. The van der Waals surface area contributed by atoms with E-state index < -0.39 is 0 Å². The van der Waals surface area contributed by atoms with Crippen LogP contribution in [0.4, 0.5) is 0 Å². The van der Waals surface area contributed by atoms with Gasteiger partial charge in [0.2, 0.25) is 0 Å². The zero-order valence-electron chi connectivity index (χ0n) is 44.1. The lowest BCUT2D eigenvalue weighted by Crippen LogP contribution is -2.41. The van der Waals surface area contributed by atoms with Gasteiger partial charge in [0.15, 0.2) is 10.0 Å². The van der Waals surface area contributed by atoms with Crippen LogP contribution in [0.1, 0.15) is 227 Å². The number of nitrogens with zero attached hydrogens (tertiary/aromatic N) is 2. The van der Waals surface area contributed by atoms with Crippen molar-refractivity contribution in [1.82, 2.24) is 9.97 Å². The van der Waals surface area contributed by atoms with Gasteiger partial charge in [0.1, 0.15) is 0 Å². The van der Waals surface area contributed by atoms with Gasteiger partial charge < -0.3 is 18.6 Å². The fourth-order valence-corrected chi connectivity index (χ4v) is 12.9. The highest BCUT2D eigenvalue weighted by Crippen LogP contribution is 2.54. The van der Waals surface area contributed by atoms with E-state index in [2.05, 4.69) is 149 Å². The number of thiazole rings is 2. The van der Waals surface area contributed by atoms with E-state index in [1.54, 1.807) is 22.7 Å². The Morgan fingerprint density at radius 1 is 0.485 bits per heavy atom. The molecule has 2 aliphatic heterocycles. The third-order valence-electron chi connectivity index (χ3n) is 15.7. The normalized spacial score (nSPS) is 18.2. The summed E-state index contributed by atoms with van der Waals surface area (Å²) in [5, 5.41) is 2.04. The topological polar surface area (TPSA) is 62.7 Å². The quantitative estimate of drug-likeness (QED) is 0.0515. The largest absolute Gasteiger partial charge is 0.494 e. The lowest BCUT2D eigenvalue weighted by atomic mass is 9.67. The molecule has 0 atom stereocenters. The summed E-state index contributed by atoms with van der Waals surface area (Å²) in [6.45, 7) is 26.1. The molecule has 0 saturated carbocycles. The predicted octanol–water partition coefficient (Wildman–Crippen LogP) is 17.1. The maximum atomic E-state index is 6.60. The monoisotopic (exact) mass is 1090 g/mol. The molecule has 2 fully saturated rings. The Kier molecular flexibility index (Phi) is 20.2. The van der Waals surface area contributed by atoms with Crippen molar-refractivity contribution in [3.63, 3.8) is 0 Å². The first kappa shape index (κ1) is 55.9. The third kappa shape index (κ3) is 13.2. The Labute approximate surface area is 438 Å². The van der Waals surface area contributed by atoms with E-state index in [-0.39, 0.29) is 42.1 Å². The minimum absolute atomic E-state index is 0.0561. The standard InChI is InChI=1S/C41H64B2O4.C15H20Br2N2S2/c1-11-13-15-17-19-21-27-41(28-22-20-18-16-14-12-2)35-29-31(42-44-37(3,4)38(5,6)45-42)23-25-33(35)34-26-24-32(30-36(34)41)43-46-39(7,8)40(9,10)47-43;1-3-4-5-6-7-8-9-11-13(17)21-15(19-11)14-18-10(2)12(16)20-14/h23-26,29-30H,11-22,27-28H2,1-10H3;3-9H2,1-2H3. The van der Waals surface area contributed by atoms with Crippen LogP contribution in [-0.4, -0.2) is 46.6 Å². The lowest BCUT2D eigenvalue weighted by molar-refractivity contribution is 0.00578. The first-order valence-electron chi connectivity index (χ1n) is 26.6. The van der Waals surface area contributed by atoms with Crippen LogP contribution in [0.15, 0.2) is 44.0 Å². The highest BCUT2D eigenvalue weighted by atomic mass is 79.9. The van der Waals surface area contributed by atoms with Crippen LogP contribution in [0.2, 0.25) is 0 Å². The summed E-state index contributed by atoms with van der Waals surface area (Å²) in [7, 11) is -0.731. The Hall–Kier alpha value is -1.37. The number of hydrogen-bond acceptors (Lipinski definition) is 8. The van der Waals surface area contributed by atoms with Gasteiger partial charge in [0.05, 0.1) is 41.4 Å². The Morgan fingerprint density at radius 2 is 0.853 bits per heavy atom. The van der Waals surface area contributed by atoms with Gasteiger partial charge in [-0.05, 0) is 153 Å². The number of fused-ring (bicyclic) bond motifs is 3. The molecule has 7 rings (SSSR count). The van der Waals surface area contributed by atoms with Crippen LogP contribution in [0, 0.1) is 6.92 Å². The number of halogens is 2. The number of hydrogen-bond donors (Lipinski definition) is 0. The molecule has 2 aromatic heterocycles. The summed E-state index contributed by atoms with van der Waals surface area (Å²) in [6, 6.07) is 14.1. The summed E-state index contributed by atoms with van der Waals surface area (Å²) < 4.78 is 28.7. The molecule has 12 heteroatoms. The van der Waals surface area contributed by atoms with Crippen molar-refractivity contribution in [3.8, 4) is 21.1 Å². The number of benzene rings is 2. The minimum atomic E-state index is -0.370.